The maximum Gasteiger partial charge on any atom is 0.222 e. The van der Waals surface area contributed by atoms with E-state index in [0.29, 0.717) is 5.91 Å². The van der Waals surface area contributed by atoms with Crippen LogP contribution in [0.2, 0.25) is 0 Å². The lowest BCUT2D eigenvalue weighted by Gasteiger charge is -2.23. The zero-order valence-corrected chi connectivity index (χ0v) is 12.3. The Kier molecular flexibility index (Phi) is 7.02. The number of rotatable bonds is 4. The van der Waals surface area contributed by atoms with E-state index in [-0.39, 0.29) is 12.4 Å². The molecular weight excluding hydrogens is 248 g/mol. The molecule has 1 amide bonds. The highest BCUT2D eigenvalue weighted by Crippen LogP contribution is 2.22. The molecule has 3 nitrogen and oxygen atoms in total. The van der Waals surface area contributed by atoms with Crippen LogP contribution in [0.5, 0.6) is 0 Å². The summed E-state index contributed by atoms with van der Waals surface area (Å²) >= 11 is 0. The highest BCUT2D eigenvalue weighted by Gasteiger charge is 2.25. The average molecular weight is 275 g/mol. The highest BCUT2D eigenvalue weighted by atomic mass is 35.5. The van der Waals surface area contributed by atoms with Crippen LogP contribution in [0, 0.1) is 11.8 Å². The fourth-order valence-corrected chi connectivity index (χ4v) is 3.05. The topological polar surface area (TPSA) is 32.3 Å². The zero-order chi connectivity index (χ0) is 12.1. The van der Waals surface area contributed by atoms with Crippen molar-refractivity contribution < 1.29 is 4.79 Å². The largest absolute Gasteiger partial charge is 0.342 e. The van der Waals surface area contributed by atoms with E-state index >= 15 is 0 Å². The second-order valence-electron chi connectivity index (χ2n) is 5.63. The van der Waals surface area contributed by atoms with Gasteiger partial charge in [-0.15, -0.1) is 12.4 Å². The van der Waals surface area contributed by atoms with Crippen LogP contribution in [-0.2, 0) is 4.79 Å². The molecule has 0 bridgehead atoms. The molecule has 0 aliphatic carbocycles. The van der Waals surface area contributed by atoms with Crippen molar-refractivity contribution in [3.8, 4) is 0 Å². The van der Waals surface area contributed by atoms with Gasteiger partial charge in [0.2, 0.25) is 5.91 Å². The van der Waals surface area contributed by atoms with Crippen LogP contribution in [0.3, 0.4) is 0 Å². The maximum absolute atomic E-state index is 12.1. The van der Waals surface area contributed by atoms with Gasteiger partial charge in [0.15, 0.2) is 0 Å². The first kappa shape index (κ1) is 15.8. The minimum absolute atomic E-state index is 0. The van der Waals surface area contributed by atoms with Gasteiger partial charge in [0.05, 0.1) is 0 Å². The van der Waals surface area contributed by atoms with Crippen molar-refractivity contribution >= 4 is 18.3 Å². The molecule has 1 atom stereocenters. The van der Waals surface area contributed by atoms with Crippen molar-refractivity contribution in [1.82, 2.24) is 10.2 Å². The molecule has 2 aliphatic heterocycles. The standard InChI is InChI=1S/C14H26N2O.ClH/c1-2-12-7-10-16(11-12)14(17)4-3-13-5-8-15-9-6-13;/h12-13,15H,2-11H2,1H3;1H. The van der Waals surface area contributed by atoms with Crippen molar-refractivity contribution in [3.05, 3.63) is 0 Å². The summed E-state index contributed by atoms with van der Waals surface area (Å²) in [5, 5.41) is 3.38. The number of carbonyl (C=O) groups excluding carboxylic acids is 1. The molecule has 2 heterocycles. The van der Waals surface area contributed by atoms with Crippen LogP contribution >= 0.6 is 12.4 Å². The molecule has 0 aromatic carbocycles. The van der Waals surface area contributed by atoms with E-state index in [2.05, 4.69) is 17.1 Å². The summed E-state index contributed by atoms with van der Waals surface area (Å²) in [6.07, 6.45) is 6.83. The Balaban J connectivity index is 0.00000162. The van der Waals surface area contributed by atoms with Crippen molar-refractivity contribution in [3.63, 3.8) is 0 Å². The van der Waals surface area contributed by atoms with Gasteiger partial charge in [0, 0.05) is 19.5 Å². The van der Waals surface area contributed by atoms with Crippen LogP contribution in [0.1, 0.15) is 45.4 Å². The summed E-state index contributed by atoms with van der Waals surface area (Å²) in [6, 6.07) is 0. The Morgan fingerprint density at radius 2 is 1.94 bits per heavy atom. The molecule has 4 heteroatoms. The molecular formula is C14H27ClN2O. The fourth-order valence-electron chi connectivity index (χ4n) is 3.05. The molecule has 18 heavy (non-hydrogen) atoms. The first-order chi connectivity index (χ1) is 8.29. The molecule has 106 valence electrons. The quantitative estimate of drug-likeness (QED) is 0.854. The van der Waals surface area contributed by atoms with Crippen molar-refractivity contribution in [2.45, 2.75) is 45.4 Å². The Hall–Kier alpha value is -0.280. The minimum atomic E-state index is 0. The zero-order valence-electron chi connectivity index (χ0n) is 11.5. The summed E-state index contributed by atoms with van der Waals surface area (Å²) in [6.45, 7) is 6.53. The van der Waals surface area contributed by atoms with Gasteiger partial charge in [-0.2, -0.15) is 0 Å². The number of amides is 1. The first-order valence-corrected chi connectivity index (χ1v) is 7.28. The van der Waals surface area contributed by atoms with E-state index in [0.717, 1.165) is 50.9 Å². The molecule has 0 radical (unpaired) electrons. The van der Waals surface area contributed by atoms with Crippen LogP contribution in [-0.4, -0.2) is 37.0 Å². The Bertz CT molecular complexity index is 254. The predicted molar refractivity (Wildman–Crippen MR) is 77.1 cm³/mol. The van der Waals surface area contributed by atoms with Gasteiger partial charge in [-0.3, -0.25) is 4.79 Å². The lowest BCUT2D eigenvalue weighted by molar-refractivity contribution is -0.130. The van der Waals surface area contributed by atoms with E-state index in [9.17, 15) is 4.79 Å². The van der Waals surface area contributed by atoms with Crippen molar-refractivity contribution in [2.24, 2.45) is 11.8 Å². The molecule has 2 rings (SSSR count). The number of nitrogens with zero attached hydrogens (tertiary/aromatic N) is 1. The number of piperidine rings is 1. The second-order valence-corrected chi connectivity index (χ2v) is 5.63. The fraction of sp³-hybridized carbons (Fsp3) is 0.929. The third-order valence-corrected chi connectivity index (χ3v) is 4.44. The smallest absolute Gasteiger partial charge is 0.222 e. The lowest BCUT2D eigenvalue weighted by Crippen LogP contribution is -2.31. The number of likely N-dealkylation sites (tertiary alicyclic amines) is 1. The Labute approximate surface area is 117 Å². The highest BCUT2D eigenvalue weighted by molar-refractivity contribution is 5.85. The minimum Gasteiger partial charge on any atom is -0.342 e. The lowest BCUT2D eigenvalue weighted by atomic mass is 9.93. The van der Waals surface area contributed by atoms with E-state index < -0.39 is 0 Å². The number of hydrogen-bond donors (Lipinski definition) is 1. The second kappa shape index (κ2) is 8.00. The summed E-state index contributed by atoms with van der Waals surface area (Å²) in [5.74, 6) is 1.95. The SMILES string of the molecule is CCC1CCN(C(=O)CCC2CCNCC2)C1.Cl. The molecule has 0 aromatic rings. The van der Waals surface area contributed by atoms with Crippen molar-refractivity contribution in [2.75, 3.05) is 26.2 Å². The number of halogens is 1. The van der Waals surface area contributed by atoms with Crippen LogP contribution in [0.15, 0.2) is 0 Å². The van der Waals surface area contributed by atoms with Gasteiger partial charge in [0.1, 0.15) is 0 Å². The molecule has 2 aliphatic rings. The van der Waals surface area contributed by atoms with Crippen LogP contribution < -0.4 is 5.32 Å². The first-order valence-electron chi connectivity index (χ1n) is 7.28. The van der Waals surface area contributed by atoms with Crippen LogP contribution in [0.25, 0.3) is 0 Å². The van der Waals surface area contributed by atoms with Gasteiger partial charge in [-0.25, -0.2) is 0 Å². The summed E-state index contributed by atoms with van der Waals surface area (Å²) in [5.41, 5.74) is 0. The van der Waals surface area contributed by atoms with Gasteiger partial charge in [0.25, 0.3) is 0 Å². The number of nitrogens with one attached hydrogen (secondary N) is 1. The van der Waals surface area contributed by atoms with E-state index in [1.54, 1.807) is 0 Å². The molecule has 0 spiro atoms. The van der Waals surface area contributed by atoms with Crippen molar-refractivity contribution in [1.29, 1.82) is 0 Å². The summed E-state index contributed by atoms with van der Waals surface area (Å²) in [4.78, 5) is 14.2. The van der Waals surface area contributed by atoms with Gasteiger partial charge in [-0.1, -0.05) is 13.3 Å². The normalized spacial score (nSPS) is 24.9. The monoisotopic (exact) mass is 274 g/mol. The average Bonchev–Trinajstić information content (AvgIpc) is 2.86. The van der Waals surface area contributed by atoms with Gasteiger partial charge in [-0.05, 0) is 50.6 Å². The van der Waals surface area contributed by atoms with E-state index in [4.69, 9.17) is 0 Å². The molecule has 2 saturated heterocycles. The molecule has 1 N–H and O–H groups in total. The van der Waals surface area contributed by atoms with E-state index in [1.807, 2.05) is 0 Å². The predicted octanol–water partition coefficient (Wildman–Crippen LogP) is 2.45. The summed E-state index contributed by atoms with van der Waals surface area (Å²) in [7, 11) is 0. The van der Waals surface area contributed by atoms with Crippen LogP contribution in [0.4, 0.5) is 0 Å². The van der Waals surface area contributed by atoms with Gasteiger partial charge >= 0.3 is 0 Å². The van der Waals surface area contributed by atoms with E-state index in [1.165, 1.54) is 25.7 Å². The third-order valence-electron chi connectivity index (χ3n) is 4.44. The Morgan fingerprint density at radius 1 is 1.22 bits per heavy atom. The molecule has 0 aromatic heterocycles. The number of carbonyl (C=O) groups is 1. The summed E-state index contributed by atoms with van der Waals surface area (Å²) < 4.78 is 0. The number of hydrogen-bond acceptors (Lipinski definition) is 2. The molecule has 2 fully saturated rings. The maximum atomic E-state index is 12.1. The molecule has 0 saturated carbocycles. The Morgan fingerprint density at radius 3 is 2.56 bits per heavy atom. The third kappa shape index (κ3) is 4.43. The molecule has 1 unspecified atom stereocenters. The van der Waals surface area contributed by atoms with Gasteiger partial charge < -0.3 is 10.2 Å².